The van der Waals surface area contributed by atoms with Gasteiger partial charge in [0.15, 0.2) is 0 Å². The SMILES string of the molecule is O=[N+]([O-])c1ccc(Cl)c(NCc2cc(Br)c(O)c(Br)c2)c1. The number of phenols is 1. The number of rotatable bonds is 4. The number of aromatic hydroxyl groups is 1. The Balaban J connectivity index is 2.20. The van der Waals surface area contributed by atoms with Crippen molar-refractivity contribution in [2.45, 2.75) is 6.54 Å². The standard InChI is InChI=1S/C13H9Br2ClN2O3/c14-9-3-7(4-10(15)13(9)19)6-17-12-5-8(18(20)21)1-2-11(12)16/h1-5,17,19H,6H2. The van der Waals surface area contributed by atoms with Gasteiger partial charge in [0, 0.05) is 18.7 Å². The van der Waals surface area contributed by atoms with Crippen molar-refractivity contribution in [2.75, 3.05) is 5.32 Å². The molecule has 0 amide bonds. The van der Waals surface area contributed by atoms with Crippen molar-refractivity contribution in [3.8, 4) is 5.75 Å². The van der Waals surface area contributed by atoms with Crippen molar-refractivity contribution in [1.29, 1.82) is 0 Å². The monoisotopic (exact) mass is 434 g/mol. The molecule has 8 heteroatoms. The van der Waals surface area contributed by atoms with Gasteiger partial charge in [0.2, 0.25) is 0 Å². The van der Waals surface area contributed by atoms with Crippen LogP contribution in [0.1, 0.15) is 5.56 Å². The quantitative estimate of drug-likeness (QED) is 0.517. The Bertz CT molecular complexity index is 687. The fourth-order valence-corrected chi connectivity index (χ4v) is 3.15. The lowest BCUT2D eigenvalue weighted by molar-refractivity contribution is -0.384. The number of phenolic OH excluding ortho intramolecular Hbond substituents is 1. The predicted octanol–water partition coefficient (Wildman–Crippen LogP) is 5.09. The van der Waals surface area contributed by atoms with E-state index in [1.807, 2.05) is 0 Å². The molecule has 0 atom stereocenters. The second-order valence-corrected chi connectivity index (χ2v) is 6.30. The first kappa shape index (κ1) is 16.1. The lowest BCUT2D eigenvalue weighted by Crippen LogP contribution is -2.01. The van der Waals surface area contributed by atoms with Crippen molar-refractivity contribution >= 4 is 54.8 Å². The van der Waals surface area contributed by atoms with E-state index in [4.69, 9.17) is 11.6 Å². The molecule has 2 rings (SSSR count). The van der Waals surface area contributed by atoms with Crippen LogP contribution in [-0.2, 0) is 6.54 Å². The number of anilines is 1. The van der Waals surface area contributed by atoms with Crippen LogP contribution in [0, 0.1) is 10.1 Å². The first-order chi connectivity index (χ1) is 9.88. The summed E-state index contributed by atoms with van der Waals surface area (Å²) in [6.07, 6.45) is 0. The van der Waals surface area contributed by atoms with Gasteiger partial charge in [-0.1, -0.05) is 11.6 Å². The van der Waals surface area contributed by atoms with Crippen LogP contribution in [0.3, 0.4) is 0 Å². The van der Waals surface area contributed by atoms with Gasteiger partial charge in [0.1, 0.15) is 5.75 Å². The Morgan fingerprint density at radius 3 is 2.43 bits per heavy atom. The largest absolute Gasteiger partial charge is 0.506 e. The summed E-state index contributed by atoms with van der Waals surface area (Å²) < 4.78 is 1.11. The number of benzene rings is 2. The van der Waals surface area contributed by atoms with Gasteiger partial charge in [-0.2, -0.15) is 0 Å². The summed E-state index contributed by atoms with van der Waals surface area (Å²) in [5.74, 6) is 0.118. The molecular formula is C13H9Br2ClN2O3. The molecule has 0 radical (unpaired) electrons. The molecule has 0 spiro atoms. The van der Waals surface area contributed by atoms with E-state index in [9.17, 15) is 15.2 Å². The van der Waals surface area contributed by atoms with Crippen LogP contribution in [0.2, 0.25) is 5.02 Å². The summed E-state index contributed by atoms with van der Waals surface area (Å²) >= 11 is 12.5. The molecule has 0 aromatic heterocycles. The van der Waals surface area contributed by atoms with Gasteiger partial charge in [0.05, 0.1) is 24.6 Å². The maximum absolute atomic E-state index is 10.8. The summed E-state index contributed by atoms with van der Waals surface area (Å²) in [5, 5.41) is 23.8. The second-order valence-electron chi connectivity index (χ2n) is 4.18. The molecule has 5 nitrogen and oxygen atoms in total. The van der Waals surface area contributed by atoms with Crippen LogP contribution < -0.4 is 5.32 Å². The number of nitro benzene ring substituents is 1. The number of hydrogen-bond acceptors (Lipinski definition) is 4. The number of non-ortho nitro benzene ring substituents is 1. The molecule has 0 aliphatic rings. The third-order valence-electron chi connectivity index (χ3n) is 2.72. The summed E-state index contributed by atoms with van der Waals surface area (Å²) in [4.78, 5) is 10.3. The highest BCUT2D eigenvalue weighted by molar-refractivity contribution is 9.11. The Kier molecular flexibility index (Phi) is 5.08. The third-order valence-corrected chi connectivity index (χ3v) is 4.26. The summed E-state index contributed by atoms with van der Waals surface area (Å²) in [5.41, 5.74) is 1.32. The topological polar surface area (TPSA) is 75.4 Å². The Labute approximate surface area is 142 Å². The maximum atomic E-state index is 10.8. The fourth-order valence-electron chi connectivity index (χ4n) is 1.68. The van der Waals surface area contributed by atoms with Gasteiger partial charge in [0.25, 0.3) is 5.69 Å². The van der Waals surface area contributed by atoms with Crippen molar-refractivity contribution in [3.63, 3.8) is 0 Å². The van der Waals surface area contributed by atoms with Crippen LogP contribution in [0.15, 0.2) is 39.3 Å². The normalized spacial score (nSPS) is 10.4. The number of hydrogen-bond donors (Lipinski definition) is 2. The number of halogens is 3. The zero-order valence-electron chi connectivity index (χ0n) is 10.4. The fraction of sp³-hybridized carbons (Fsp3) is 0.0769. The zero-order chi connectivity index (χ0) is 15.6. The van der Waals surface area contributed by atoms with E-state index in [0.29, 0.717) is 26.2 Å². The Morgan fingerprint density at radius 2 is 1.86 bits per heavy atom. The van der Waals surface area contributed by atoms with Gasteiger partial charge < -0.3 is 10.4 Å². The molecule has 0 heterocycles. The summed E-state index contributed by atoms with van der Waals surface area (Å²) in [7, 11) is 0. The molecule has 0 unspecified atom stereocenters. The highest BCUT2D eigenvalue weighted by Gasteiger charge is 2.10. The number of nitrogens with one attached hydrogen (secondary N) is 1. The van der Waals surface area contributed by atoms with Gasteiger partial charge in [-0.15, -0.1) is 0 Å². The summed E-state index contributed by atoms with van der Waals surface area (Å²) in [6.45, 7) is 0.401. The molecule has 0 saturated heterocycles. The van der Waals surface area contributed by atoms with E-state index in [0.717, 1.165) is 5.56 Å². The molecule has 110 valence electrons. The van der Waals surface area contributed by atoms with Crippen molar-refractivity contribution in [2.24, 2.45) is 0 Å². The molecular weight excluding hydrogens is 427 g/mol. The molecule has 0 aliphatic carbocycles. The van der Waals surface area contributed by atoms with Gasteiger partial charge >= 0.3 is 0 Å². The smallest absolute Gasteiger partial charge is 0.271 e. The minimum atomic E-state index is -0.477. The molecule has 0 saturated carbocycles. The maximum Gasteiger partial charge on any atom is 0.271 e. The van der Waals surface area contributed by atoms with Gasteiger partial charge in [-0.3, -0.25) is 10.1 Å². The van der Waals surface area contributed by atoms with Gasteiger partial charge in [-0.25, -0.2) is 0 Å². The van der Waals surface area contributed by atoms with E-state index in [1.54, 1.807) is 12.1 Å². The highest BCUT2D eigenvalue weighted by atomic mass is 79.9. The van der Waals surface area contributed by atoms with Crippen molar-refractivity contribution in [1.82, 2.24) is 0 Å². The molecule has 0 aliphatic heterocycles. The average molecular weight is 436 g/mol. The van der Waals surface area contributed by atoms with Gasteiger partial charge in [-0.05, 0) is 55.6 Å². The van der Waals surface area contributed by atoms with Crippen molar-refractivity contribution in [3.05, 3.63) is 60.0 Å². The number of nitrogens with zero attached hydrogens (tertiary/aromatic N) is 1. The minimum Gasteiger partial charge on any atom is -0.506 e. The first-order valence-corrected chi connectivity index (χ1v) is 7.69. The molecule has 0 fully saturated rings. The lowest BCUT2D eigenvalue weighted by Gasteiger charge is -2.10. The highest BCUT2D eigenvalue weighted by Crippen LogP contribution is 2.34. The molecule has 2 aromatic carbocycles. The second kappa shape index (κ2) is 6.64. The molecule has 21 heavy (non-hydrogen) atoms. The zero-order valence-corrected chi connectivity index (χ0v) is 14.4. The molecule has 2 N–H and O–H groups in total. The average Bonchev–Trinajstić information content (AvgIpc) is 2.43. The van der Waals surface area contributed by atoms with Crippen LogP contribution in [0.5, 0.6) is 5.75 Å². The van der Waals surface area contributed by atoms with E-state index in [-0.39, 0.29) is 11.4 Å². The van der Waals surface area contributed by atoms with Crippen LogP contribution >= 0.6 is 43.5 Å². The first-order valence-electron chi connectivity index (χ1n) is 5.73. The van der Waals surface area contributed by atoms with Crippen molar-refractivity contribution < 1.29 is 10.0 Å². The van der Waals surface area contributed by atoms with E-state index in [1.165, 1.54) is 18.2 Å². The Hall–Kier alpha value is -1.31. The number of nitro groups is 1. The van der Waals surface area contributed by atoms with E-state index < -0.39 is 4.92 Å². The lowest BCUT2D eigenvalue weighted by atomic mass is 10.2. The van der Waals surface area contributed by atoms with Crippen LogP contribution in [0.25, 0.3) is 0 Å². The van der Waals surface area contributed by atoms with E-state index in [2.05, 4.69) is 37.2 Å². The summed E-state index contributed by atoms with van der Waals surface area (Å²) in [6, 6.07) is 7.70. The predicted molar refractivity (Wildman–Crippen MR) is 88.9 cm³/mol. The third kappa shape index (κ3) is 3.87. The molecule has 0 bridgehead atoms. The van der Waals surface area contributed by atoms with E-state index >= 15 is 0 Å². The molecule has 2 aromatic rings. The van der Waals surface area contributed by atoms with Crippen LogP contribution in [-0.4, -0.2) is 10.0 Å². The van der Waals surface area contributed by atoms with Crippen LogP contribution in [0.4, 0.5) is 11.4 Å². The minimum absolute atomic E-state index is 0.0324. The Morgan fingerprint density at radius 1 is 1.24 bits per heavy atom.